The van der Waals surface area contributed by atoms with Gasteiger partial charge in [-0.15, -0.1) is 0 Å². The summed E-state index contributed by atoms with van der Waals surface area (Å²) in [6, 6.07) is 5.36. The number of nitrogens with zero attached hydrogens (tertiary/aromatic N) is 3. The van der Waals surface area contributed by atoms with Gasteiger partial charge in [-0.2, -0.15) is 0 Å². The molecule has 6 heteroatoms. The van der Waals surface area contributed by atoms with Crippen molar-refractivity contribution in [3.05, 3.63) is 28.3 Å². The molecule has 1 aromatic rings. The van der Waals surface area contributed by atoms with E-state index in [2.05, 4.69) is 23.6 Å². The number of hydrogen-bond donors (Lipinski definition) is 0. The summed E-state index contributed by atoms with van der Waals surface area (Å²) in [6.45, 7) is 8.21. The van der Waals surface area contributed by atoms with E-state index in [1.165, 1.54) is 12.1 Å². The Morgan fingerprint density at radius 2 is 1.90 bits per heavy atom. The van der Waals surface area contributed by atoms with Crippen LogP contribution in [0.3, 0.4) is 0 Å². The molecule has 2 rings (SSSR count). The van der Waals surface area contributed by atoms with Crippen LogP contribution >= 0.6 is 0 Å². The maximum Gasteiger partial charge on any atom is 0.273 e. The van der Waals surface area contributed by atoms with E-state index < -0.39 is 4.92 Å². The van der Waals surface area contributed by atoms with Gasteiger partial charge in [-0.25, -0.2) is 0 Å². The van der Waals surface area contributed by atoms with Gasteiger partial charge in [0, 0.05) is 38.3 Å². The van der Waals surface area contributed by atoms with E-state index in [1.54, 1.807) is 13.2 Å². The highest BCUT2D eigenvalue weighted by molar-refractivity contribution is 5.62. The summed E-state index contributed by atoms with van der Waals surface area (Å²) >= 11 is 0. The molecule has 1 aliphatic heterocycles. The molecule has 1 aromatic carbocycles. The van der Waals surface area contributed by atoms with E-state index in [9.17, 15) is 10.1 Å². The molecule has 0 aliphatic carbocycles. The predicted octanol–water partition coefficient (Wildman–Crippen LogP) is 2.13. The zero-order chi connectivity index (χ0) is 14.7. The third-order valence-electron chi connectivity index (χ3n) is 3.76. The summed E-state index contributed by atoms with van der Waals surface area (Å²) in [5.74, 6) is 0.567. The molecule has 0 bridgehead atoms. The van der Waals surface area contributed by atoms with Gasteiger partial charge in [-0.1, -0.05) is 0 Å². The Morgan fingerprint density at radius 3 is 2.40 bits per heavy atom. The van der Waals surface area contributed by atoms with Crippen molar-refractivity contribution in [1.29, 1.82) is 0 Å². The standard InChI is InChI=1S/C14H21N3O3/c1-11(2)15-6-8-16(9-7-15)13-5-4-12(17(18)19)10-14(13)20-3/h4-5,10-11H,6-9H2,1-3H3. The fourth-order valence-electron chi connectivity index (χ4n) is 2.52. The minimum Gasteiger partial charge on any atom is -0.494 e. The van der Waals surface area contributed by atoms with E-state index in [-0.39, 0.29) is 5.69 Å². The lowest BCUT2D eigenvalue weighted by Crippen LogP contribution is -2.49. The Labute approximate surface area is 119 Å². The Bertz CT molecular complexity index is 483. The monoisotopic (exact) mass is 279 g/mol. The molecule has 1 heterocycles. The number of nitro groups is 1. The number of ether oxygens (including phenoxy) is 1. The van der Waals surface area contributed by atoms with E-state index in [0.29, 0.717) is 11.8 Å². The molecule has 1 fully saturated rings. The van der Waals surface area contributed by atoms with Gasteiger partial charge in [0.05, 0.1) is 23.8 Å². The fraction of sp³-hybridized carbons (Fsp3) is 0.571. The lowest BCUT2D eigenvalue weighted by molar-refractivity contribution is -0.384. The first-order chi connectivity index (χ1) is 9.52. The van der Waals surface area contributed by atoms with Crippen molar-refractivity contribution in [2.24, 2.45) is 0 Å². The number of piperazine rings is 1. The maximum atomic E-state index is 10.8. The number of rotatable bonds is 4. The van der Waals surface area contributed by atoms with Crippen LogP contribution in [0.25, 0.3) is 0 Å². The molecule has 0 amide bonds. The average Bonchev–Trinajstić information content (AvgIpc) is 2.46. The Hall–Kier alpha value is -1.82. The van der Waals surface area contributed by atoms with E-state index >= 15 is 0 Å². The molecule has 1 aliphatic rings. The molecule has 20 heavy (non-hydrogen) atoms. The number of hydrogen-bond acceptors (Lipinski definition) is 5. The highest BCUT2D eigenvalue weighted by Crippen LogP contribution is 2.32. The molecule has 6 nitrogen and oxygen atoms in total. The van der Waals surface area contributed by atoms with Crippen molar-refractivity contribution in [3.63, 3.8) is 0 Å². The van der Waals surface area contributed by atoms with E-state index in [0.717, 1.165) is 31.9 Å². The molecule has 1 saturated heterocycles. The molecular formula is C14H21N3O3. The number of benzene rings is 1. The first-order valence-electron chi connectivity index (χ1n) is 6.84. The van der Waals surface area contributed by atoms with Crippen molar-refractivity contribution >= 4 is 11.4 Å². The van der Waals surface area contributed by atoms with Crippen LogP contribution in [0.1, 0.15) is 13.8 Å². The minimum absolute atomic E-state index is 0.0615. The van der Waals surface area contributed by atoms with Crippen LogP contribution in [0.4, 0.5) is 11.4 Å². The number of methoxy groups -OCH3 is 1. The third kappa shape index (κ3) is 3.01. The number of nitro benzene ring substituents is 1. The predicted molar refractivity (Wildman–Crippen MR) is 78.6 cm³/mol. The Morgan fingerprint density at radius 1 is 1.25 bits per heavy atom. The maximum absolute atomic E-state index is 10.8. The van der Waals surface area contributed by atoms with Gasteiger partial charge in [0.15, 0.2) is 0 Å². The molecule has 0 spiro atoms. The Kier molecular flexibility index (Phi) is 4.44. The molecular weight excluding hydrogens is 258 g/mol. The SMILES string of the molecule is COc1cc([N+](=O)[O-])ccc1N1CCN(C(C)C)CC1. The van der Waals surface area contributed by atoms with Crippen LogP contribution in [-0.2, 0) is 0 Å². The van der Waals surface area contributed by atoms with Crippen molar-refractivity contribution < 1.29 is 9.66 Å². The van der Waals surface area contributed by atoms with Crippen LogP contribution < -0.4 is 9.64 Å². The van der Waals surface area contributed by atoms with Gasteiger partial charge >= 0.3 is 0 Å². The molecule has 0 saturated carbocycles. The zero-order valence-electron chi connectivity index (χ0n) is 12.2. The smallest absolute Gasteiger partial charge is 0.273 e. The van der Waals surface area contributed by atoms with Crippen molar-refractivity contribution in [3.8, 4) is 5.75 Å². The summed E-state index contributed by atoms with van der Waals surface area (Å²) in [7, 11) is 1.55. The largest absolute Gasteiger partial charge is 0.494 e. The van der Waals surface area contributed by atoms with E-state index in [1.807, 2.05) is 0 Å². The number of non-ortho nitro benzene ring substituents is 1. The third-order valence-corrected chi connectivity index (χ3v) is 3.76. The zero-order valence-corrected chi connectivity index (χ0v) is 12.2. The van der Waals surface area contributed by atoms with E-state index in [4.69, 9.17) is 4.74 Å². The van der Waals surface area contributed by atoms with Crippen LogP contribution in [0, 0.1) is 10.1 Å². The summed E-state index contributed by atoms with van der Waals surface area (Å²) in [6.07, 6.45) is 0. The highest BCUT2D eigenvalue weighted by atomic mass is 16.6. The second kappa shape index (κ2) is 6.09. The Balaban J connectivity index is 2.15. The van der Waals surface area contributed by atoms with Crippen LogP contribution in [0.15, 0.2) is 18.2 Å². The second-order valence-corrected chi connectivity index (χ2v) is 5.23. The number of anilines is 1. The normalized spacial score (nSPS) is 16.5. The summed E-state index contributed by atoms with van der Waals surface area (Å²) in [5.41, 5.74) is 0.993. The van der Waals surface area contributed by atoms with Crippen molar-refractivity contribution in [2.45, 2.75) is 19.9 Å². The first kappa shape index (κ1) is 14.6. The molecule has 0 radical (unpaired) electrons. The average molecular weight is 279 g/mol. The summed E-state index contributed by atoms with van der Waals surface area (Å²) < 4.78 is 5.30. The van der Waals surface area contributed by atoms with Gasteiger partial charge in [0.1, 0.15) is 5.75 Å². The second-order valence-electron chi connectivity index (χ2n) is 5.23. The van der Waals surface area contributed by atoms with Crippen LogP contribution in [0.5, 0.6) is 5.75 Å². The van der Waals surface area contributed by atoms with Gasteiger partial charge < -0.3 is 9.64 Å². The van der Waals surface area contributed by atoms with Gasteiger partial charge in [0.2, 0.25) is 0 Å². The lowest BCUT2D eigenvalue weighted by Gasteiger charge is -2.38. The quantitative estimate of drug-likeness (QED) is 0.624. The molecule has 110 valence electrons. The highest BCUT2D eigenvalue weighted by Gasteiger charge is 2.22. The van der Waals surface area contributed by atoms with Crippen LogP contribution in [-0.4, -0.2) is 49.2 Å². The molecule has 0 atom stereocenters. The summed E-state index contributed by atoms with van der Waals surface area (Å²) in [5, 5.41) is 10.8. The molecule has 0 N–H and O–H groups in total. The minimum atomic E-state index is -0.400. The van der Waals surface area contributed by atoms with Gasteiger partial charge in [-0.3, -0.25) is 15.0 Å². The summed E-state index contributed by atoms with van der Waals surface area (Å²) in [4.78, 5) is 15.1. The van der Waals surface area contributed by atoms with Gasteiger partial charge in [-0.05, 0) is 19.9 Å². The van der Waals surface area contributed by atoms with Gasteiger partial charge in [0.25, 0.3) is 5.69 Å². The van der Waals surface area contributed by atoms with Crippen molar-refractivity contribution in [2.75, 3.05) is 38.2 Å². The fourth-order valence-corrected chi connectivity index (χ4v) is 2.52. The molecule has 0 aromatic heterocycles. The van der Waals surface area contributed by atoms with Crippen LogP contribution in [0.2, 0.25) is 0 Å². The lowest BCUT2D eigenvalue weighted by atomic mass is 10.2. The first-order valence-corrected chi connectivity index (χ1v) is 6.84. The molecule has 0 unspecified atom stereocenters. The van der Waals surface area contributed by atoms with Crippen molar-refractivity contribution in [1.82, 2.24) is 4.90 Å². The topological polar surface area (TPSA) is 58.9 Å².